The largest absolute Gasteiger partial charge is 0.387 e. The molecule has 1 spiro atoms. The van der Waals surface area contributed by atoms with E-state index in [1.807, 2.05) is 0 Å². The first-order chi connectivity index (χ1) is 21.8. The Balaban J connectivity index is 1.08. The van der Waals surface area contributed by atoms with Gasteiger partial charge in [-0.2, -0.15) is 4.98 Å². The molecule has 8 heterocycles. The number of nitrogens with two attached hydrogens (primary N) is 2. The van der Waals surface area contributed by atoms with Crippen molar-refractivity contribution in [3.8, 4) is 0 Å². The molecule has 4 saturated heterocycles. The number of H-pyrrole nitrogens is 1. The maximum Gasteiger partial charge on any atom is 0.387 e. The summed E-state index contributed by atoms with van der Waals surface area (Å²) in [4.78, 5) is 35.2. The van der Waals surface area contributed by atoms with Crippen molar-refractivity contribution >= 4 is 72.2 Å². The number of hydrogen-bond donors (Lipinski definition) is 5. The number of aromatic nitrogens is 8. The number of nitrogens with zero attached hydrogens (tertiary/aromatic N) is 7. The van der Waals surface area contributed by atoms with Crippen LogP contribution in [0.5, 0.6) is 0 Å². The Morgan fingerprint density at radius 3 is 2.59 bits per heavy atom. The predicted octanol–water partition coefficient (Wildman–Crippen LogP) is 0.671. The summed E-state index contributed by atoms with van der Waals surface area (Å²) in [6, 6.07) is 0. The van der Waals surface area contributed by atoms with Crippen LogP contribution in [0.1, 0.15) is 12.5 Å². The zero-order chi connectivity index (χ0) is 32.0. The molecule has 1 aliphatic carbocycles. The van der Waals surface area contributed by atoms with Gasteiger partial charge in [-0.25, -0.2) is 33.5 Å². The van der Waals surface area contributed by atoms with Crippen LogP contribution in [0.4, 0.5) is 16.2 Å². The highest BCUT2D eigenvalue weighted by Gasteiger charge is 2.96. The van der Waals surface area contributed by atoms with Gasteiger partial charge in [0.2, 0.25) is 5.95 Å². The first-order valence-electron chi connectivity index (χ1n) is 13.5. The van der Waals surface area contributed by atoms with E-state index in [1.54, 1.807) is 0 Å². The van der Waals surface area contributed by atoms with Gasteiger partial charge >= 0.3 is 13.6 Å². The van der Waals surface area contributed by atoms with E-state index >= 15 is 4.39 Å². The number of thiol groups is 2. The number of alkyl halides is 1. The SMILES string of the molecule is Nc1nc2c(ncn2[C@@H]2O[C@@H]3CO[P@@](=O)(S)O[C@]45[C@@H](O[P@@](=O)(S)O[C@@H]2[C@@H]3F)[C@]42CO[C@H]5[C@H](n3cnc4c(N)ncnc43)O2)c(=O)[nH]1. The van der Waals surface area contributed by atoms with Gasteiger partial charge in [-0.1, -0.05) is 24.5 Å². The minimum atomic E-state index is -4.52. The summed E-state index contributed by atoms with van der Waals surface area (Å²) < 4.78 is 87.7. The number of hydrogen-bond acceptors (Lipinski definition) is 17. The summed E-state index contributed by atoms with van der Waals surface area (Å²) in [5.41, 5.74) is 8.23. The Morgan fingerprint density at radius 2 is 1.78 bits per heavy atom. The van der Waals surface area contributed by atoms with Crippen LogP contribution in [-0.4, -0.2) is 94.0 Å². The van der Waals surface area contributed by atoms with Crippen molar-refractivity contribution in [2.75, 3.05) is 24.7 Å². The smallest absolute Gasteiger partial charge is 0.382 e. The molecule has 4 aliphatic heterocycles. The van der Waals surface area contributed by atoms with Crippen molar-refractivity contribution in [3.05, 3.63) is 29.3 Å². The zero-order valence-corrected chi connectivity index (χ0v) is 26.3. The molecular weight excluding hydrogens is 697 g/mol. The van der Waals surface area contributed by atoms with Crippen molar-refractivity contribution in [1.82, 2.24) is 39.0 Å². The summed E-state index contributed by atoms with van der Waals surface area (Å²) in [5.74, 6) is -0.107. The Morgan fingerprint density at radius 1 is 1.02 bits per heavy atom. The average Bonchev–Trinajstić information content (AvgIpc) is 3.64. The van der Waals surface area contributed by atoms with Crippen LogP contribution in [0.15, 0.2) is 23.8 Å². The van der Waals surface area contributed by atoms with Gasteiger partial charge in [-0.15, -0.1) is 0 Å². The van der Waals surface area contributed by atoms with Crippen LogP contribution in [0.25, 0.3) is 22.3 Å². The molecule has 244 valence electrons. The van der Waals surface area contributed by atoms with Crippen LogP contribution < -0.4 is 17.0 Å². The van der Waals surface area contributed by atoms with Crippen LogP contribution >= 0.6 is 38.1 Å². The molecule has 11 atom stereocenters. The molecule has 5 aliphatic rings. The molecule has 0 unspecified atom stereocenters. The average molecular weight is 719 g/mol. The molecule has 0 aromatic carbocycles. The highest BCUT2D eigenvalue weighted by atomic mass is 32.7. The van der Waals surface area contributed by atoms with E-state index in [0.29, 0.717) is 11.2 Å². The number of anilines is 2. The molecule has 5 fully saturated rings. The summed E-state index contributed by atoms with van der Waals surface area (Å²) in [5, 5.41) is 0. The maximum atomic E-state index is 16.0. The molecule has 4 bridgehead atoms. The second kappa shape index (κ2) is 9.47. The highest BCUT2D eigenvalue weighted by Crippen LogP contribution is 2.79. The number of ether oxygens (including phenoxy) is 3. The van der Waals surface area contributed by atoms with Crippen LogP contribution in [0.2, 0.25) is 0 Å². The van der Waals surface area contributed by atoms with Crippen molar-refractivity contribution in [1.29, 1.82) is 0 Å². The lowest BCUT2D eigenvalue weighted by molar-refractivity contribution is -0.189. The molecule has 20 nitrogen and oxygen atoms in total. The molecule has 25 heteroatoms. The third-order valence-electron chi connectivity index (χ3n) is 8.69. The Hall–Kier alpha value is -2.69. The van der Waals surface area contributed by atoms with Crippen LogP contribution in [0.3, 0.4) is 0 Å². The lowest BCUT2D eigenvalue weighted by Crippen LogP contribution is -2.42. The fraction of sp³-hybridized carbons (Fsp3) is 0.524. The van der Waals surface area contributed by atoms with E-state index in [4.69, 9.17) is 43.8 Å². The molecule has 0 radical (unpaired) electrons. The molecule has 0 amide bonds. The predicted molar refractivity (Wildman–Crippen MR) is 156 cm³/mol. The minimum absolute atomic E-state index is 0.0708. The zero-order valence-electron chi connectivity index (χ0n) is 22.7. The summed E-state index contributed by atoms with van der Waals surface area (Å²) >= 11 is 8.31. The van der Waals surface area contributed by atoms with E-state index in [1.165, 1.54) is 21.8 Å². The summed E-state index contributed by atoms with van der Waals surface area (Å²) in [6.45, 7) is -9.68. The summed E-state index contributed by atoms with van der Waals surface area (Å²) in [6.07, 6.45) is -6.04. The Kier molecular flexibility index (Phi) is 6.06. The Labute approximate surface area is 265 Å². The molecular formula is C21H21FN10O10P2S2. The fourth-order valence-electron chi connectivity index (χ4n) is 6.73. The van der Waals surface area contributed by atoms with E-state index in [-0.39, 0.29) is 29.5 Å². The molecule has 1 saturated carbocycles. The van der Waals surface area contributed by atoms with Crippen molar-refractivity contribution in [3.63, 3.8) is 0 Å². The monoisotopic (exact) mass is 718 g/mol. The number of halogens is 1. The number of aromatic amines is 1. The lowest BCUT2D eigenvalue weighted by atomic mass is 10.1. The fourth-order valence-corrected chi connectivity index (χ4v) is 10.2. The first-order valence-corrected chi connectivity index (χ1v) is 18.9. The minimum Gasteiger partial charge on any atom is -0.382 e. The van der Waals surface area contributed by atoms with Gasteiger partial charge < -0.3 is 25.7 Å². The van der Waals surface area contributed by atoms with Gasteiger partial charge in [0.15, 0.2) is 52.5 Å². The van der Waals surface area contributed by atoms with Crippen LogP contribution in [0, 0.1) is 0 Å². The van der Waals surface area contributed by atoms with Crippen molar-refractivity contribution in [2.45, 2.75) is 54.2 Å². The molecule has 4 aromatic heterocycles. The molecule has 9 rings (SSSR count). The van der Waals surface area contributed by atoms with Gasteiger partial charge in [0.05, 0.1) is 25.9 Å². The standard InChI is InChI=1S/C21H21FN10O10P2S2/c22-7-6-1-37-43(34,45)42-21-11-17(31-4-27-8-12(23)25-3-26-13(8)31)39-20(21,2-36-11)18(21)41-44(35,46)40-10(7)16(38-6)32-5-28-9-14(32)29-19(24)30-15(9)33/h3-7,10-11,16-18H,1-2H2,(H,34,45)(H,35,46)(H2,23,25,26)(H3,24,29,30,33)/t6-,7-,10-,11+,16-,17-,18+,20-,21-,43-,44+/m1/s1. The van der Waals surface area contributed by atoms with Gasteiger partial charge in [-0.3, -0.25) is 37.0 Å². The van der Waals surface area contributed by atoms with Crippen molar-refractivity contribution < 1.29 is 45.8 Å². The molecule has 46 heavy (non-hydrogen) atoms. The number of fused-ring (bicyclic) bond motifs is 4. The summed E-state index contributed by atoms with van der Waals surface area (Å²) in [7, 11) is 0. The van der Waals surface area contributed by atoms with Gasteiger partial charge in [-0.05, 0) is 0 Å². The lowest BCUT2D eigenvalue weighted by Gasteiger charge is -2.34. The number of rotatable bonds is 2. The Bertz CT molecular complexity index is 2120. The van der Waals surface area contributed by atoms with Gasteiger partial charge in [0.25, 0.3) is 5.56 Å². The van der Waals surface area contributed by atoms with E-state index in [9.17, 15) is 13.9 Å². The maximum absolute atomic E-state index is 16.0. The van der Waals surface area contributed by atoms with E-state index in [2.05, 4.69) is 54.4 Å². The van der Waals surface area contributed by atoms with Gasteiger partial charge in [0, 0.05) is 0 Å². The number of nitrogen functional groups attached to an aromatic ring is 2. The second-order valence-corrected chi connectivity index (χ2v) is 16.8. The van der Waals surface area contributed by atoms with Crippen molar-refractivity contribution in [2.24, 2.45) is 0 Å². The van der Waals surface area contributed by atoms with E-state index in [0.717, 1.165) is 6.33 Å². The normalized spacial score (nSPS) is 43.3. The topological polar surface area (TPSA) is 258 Å². The van der Waals surface area contributed by atoms with Crippen LogP contribution in [-0.2, 0) is 41.4 Å². The number of nitrogens with one attached hydrogen (secondary N) is 1. The quantitative estimate of drug-likeness (QED) is 0.141. The van der Waals surface area contributed by atoms with Gasteiger partial charge in [0.1, 0.15) is 36.3 Å². The molecule has 4 aromatic rings. The first kappa shape index (κ1) is 29.4. The molecule has 5 N–H and O–H groups in total. The number of imidazole rings is 2. The third-order valence-corrected chi connectivity index (χ3v) is 11.8. The highest BCUT2D eigenvalue weighted by molar-refractivity contribution is 8.44. The second-order valence-electron chi connectivity index (χ2n) is 11.2. The van der Waals surface area contributed by atoms with E-state index < -0.39 is 80.0 Å². The third kappa shape index (κ3) is 3.89.